The fourth-order valence-corrected chi connectivity index (χ4v) is 5.50. The van der Waals surface area contributed by atoms with Crippen LogP contribution in [-0.4, -0.2) is 54.9 Å². The standard InChI is InChI=1S/C24H25N3O3S2/c1-28-11-8-17-4-6-18(7-5-17)30-23-22-19(20-3-2-14-31-20)16-32-24(22)26-21(25-23)15-27-9-12-29-13-10-27/h2-7,14,16H,8-13,15H2,1H3. The van der Waals surface area contributed by atoms with Crippen molar-refractivity contribution < 1.29 is 14.2 Å². The van der Waals surface area contributed by atoms with Gasteiger partial charge in [0.2, 0.25) is 5.88 Å². The zero-order valence-corrected chi connectivity index (χ0v) is 19.6. The molecular weight excluding hydrogens is 442 g/mol. The molecule has 0 bridgehead atoms. The number of hydrogen-bond donors (Lipinski definition) is 0. The summed E-state index contributed by atoms with van der Waals surface area (Å²) in [5.74, 6) is 2.17. The number of benzene rings is 1. The second kappa shape index (κ2) is 10.1. The first-order chi connectivity index (χ1) is 15.8. The van der Waals surface area contributed by atoms with Gasteiger partial charge in [-0.15, -0.1) is 22.7 Å². The van der Waals surface area contributed by atoms with E-state index in [0.717, 1.165) is 60.1 Å². The van der Waals surface area contributed by atoms with Crippen LogP contribution in [0.15, 0.2) is 47.2 Å². The third kappa shape index (κ3) is 4.84. The van der Waals surface area contributed by atoms with Crippen molar-refractivity contribution in [3.05, 3.63) is 58.5 Å². The van der Waals surface area contributed by atoms with Crippen molar-refractivity contribution in [1.29, 1.82) is 0 Å². The lowest BCUT2D eigenvalue weighted by Crippen LogP contribution is -2.36. The van der Waals surface area contributed by atoms with Gasteiger partial charge in [0.05, 0.1) is 31.8 Å². The molecule has 4 heterocycles. The monoisotopic (exact) mass is 467 g/mol. The van der Waals surface area contributed by atoms with Gasteiger partial charge in [-0.1, -0.05) is 18.2 Å². The fraction of sp³-hybridized carbons (Fsp3) is 0.333. The summed E-state index contributed by atoms with van der Waals surface area (Å²) in [6.45, 7) is 4.69. The molecule has 0 spiro atoms. The average Bonchev–Trinajstić information content (AvgIpc) is 3.49. The van der Waals surface area contributed by atoms with Crippen LogP contribution >= 0.6 is 22.7 Å². The van der Waals surface area contributed by atoms with Gasteiger partial charge in [-0.3, -0.25) is 4.90 Å². The molecule has 1 aliphatic heterocycles. The second-order valence-corrected chi connectivity index (χ2v) is 9.43. The molecule has 6 nitrogen and oxygen atoms in total. The first-order valence-corrected chi connectivity index (χ1v) is 12.4. The molecule has 0 aliphatic carbocycles. The Morgan fingerprint density at radius 1 is 1.06 bits per heavy atom. The van der Waals surface area contributed by atoms with Crippen LogP contribution in [0.4, 0.5) is 0 Å². The third-order valence-electron chi connectivity index (χ3n) is 5.43. The molecule has 166 valence electrons. The van der Waals surface area contributed by atoms with E-state index in [1.54, 1.807) is 29.8 Å². The van der Waals surface area contributed by atoms with E-state index in [-0.39, 0.29) is 0 Å². The van der Waals surface area contributed by atoms with Crippen molar-refractivity contribution in [2.75, 3.05) is 40.0 Å². The van der Waals surface area contributed by atoms with Crippen molar-refractivity contribution in [2.24, 2.45) is 0 Å². The van der Waals surface area contributed by atoms with Gasteiger partial charge < -0.3 is 14.2 Å². The number of methoxy groups -OCH3 is 1. The average molecular weight is 468 g/mol. The maximum absolute atomic E-state index is 6.36. The zero-order valence-electron chi connectivity index (χ0n) is 18.0. The van der Waals surface area contributed by atoms with Crippen LogP contribution in [0.3, 0.4) is 0 Å². The molecule has 5 rings (SSSR count). The first kappa shape index (κ1) is 21.5. The Labute approximate surface area is 195 Å². The molecule has 32 heavy (non-hydrogen) atoms. The molecule has 8 heteroatoms. The lowest BCUT2D eigenvalue weighted by molar-refractivity contribution is 0.0330. The molecule has 0 unspecified atom stereocenters. The van der Waals surface area contributed by atoms with E-state index in [1.807, 2.05) is 12.1 Å². The van der Waals surface area contributed by atoms with Crippen molar-refractivity contribution in [1.82, 2.24) is 14.9 Å². The normalized spacial score (nSPS) is 14.8. The molecule has 4 aromatic rings. The highest BCUT2D eigenvalue weighted by Gasteiger charge is 2.20. The van der Waals surface area contributed by atoms with Gasteiger partial charge >= 0.3 is 0 Å². The molecule has 1 aliphatic rings. The first-order valence-electron chi connectivity index (χ1n) is 10.7. The van der Waals surface area contributed by atoms with Gasteiger partial charge in [0.25, 0.3) is 0 Å². The third-order valence-corrected chi connectivity index (χ3v) is 7.21. The number of morpholine rings is 1. The van der Waals surface area contributed by atoms with Gasteiger partial charge in [0, 0.05) is 36.0 Å². The van der Waals surface area contributed by atoms with E-state index < -0.39 is 0 Å². The van der Waals surface area contributed by atoms with Gasteiger partial charge in [0.15, 0.2) is 0 Å². The Bertz CT molecular complexity index is 1150. The van der Waals surface area contributed by atoms with Crippen LogP contribution in [0.2, 0.25) is 0 Å². The largest absolute Gasteiger partial charge is 0.438 e. The minimum absolute atomic E-state index is 0.618. The van der Waals surface area contributed by atoms with E-state index >= 15 is 0 Å². The minimum atomic E-state index is 0.618. The smallest absolute Gasteiger partial charge is 0.232 e. The fourth-order valence-electron chi connectivity index (χ4n) is 3.72. The predicted molar refractivity (Wildman–Crippen MR) is 129 cm³/mol. The van der Waals surface area contributed by atoms with E-state index in [0.29, 0.717) is 19.0 Å². The molecule has 1 aromatic carbocycles. The minimum Gasteiger partial charge on any atom is -0.438 e. The van der Waals surface area contributed by atoms with Crippen molar-refractivity contribution in [2.45, 2.75) is 13.0 Å². The Balaban J connectivity index is 1.49. The summed E-state index contributed by atoms with van der Waals surface area (Å²) in [7, 11) is 1.72. The van der Waals surface area contributed by atoms with Crippen LogP contribution in [0.5, 0.6) is 11.6 Å². The summed E-state index contributed by atoms with van der Waals surface area (Å²) in [5.41, 5.74) is 2.35. The molecule has 0 atom stereocenters. The summed E-state index contributed by atoms with van der Waals surface area (Å²) >= 11 is 3.36. The lowest BCUT2D eigenvalue weighted by Gasteiger charge is -2.25. The number of ether oxygens (including phenoxy) is 3. The highest BCUT2D eigenvalue weighted by Crippen LogP contribution is 2.41. The van der Waals surface area contributed by atoms with Crippen LogP contribution in [0.25, 0.3) is 20.7 Å². The summed E-state index contributed by atoms with van der Waals surface area (Å²) < 4.78 is 17.0. The SMILES string of the molecule is COCCc1ccc(Oc2nc(CN3CCOCC3)nc3scc(-c4cccs4)c23)cc1. The second-order valence-electron chi connectivity index (χ2n) is 7.63. The quantitative estimate of drug-likeness (QED) is 0.354. The van der Waals surface area contributed by atoms with Crippen LogP contribution in [0, 0.1) is 0 Å². The van der Waals surface area contributed by atoms with Gasteiger partial charge in [-0.25, -0.2) is 4.98 Å². The van der Waals surface area contributed by atoms with E-state index in [4.69, 9.17) is 24.2 Å². The van der Waals surface area contributed by atoms with E-state index in [2.05, 4.69) is 39.9 Å². The van der Waals surface area contributed by atoms with E-state index in [1.165, 1.54) is 10.4 Å². The number of hydrogen-bond acceptors (Lipinski definition) is 8. The molecule has 3 aromatic heterocycles. The number of fused-ring (bicyclic) bond motifs is 1. The Kier molecular flexibility index (Phi) is 6.75. The molecule has 1 saturated heterocycles. The van der Waals surface area contributed by atoms with Gasteiger partial charge in [0.1, 0.15) is 16.4 Å². The molecule has 1 fully saturated rings. The number of thiophene rings is 2. The van der Waals surface area contributed by atoms with Gasteiger partial charge in [-0.2, -0.15) is 4.98 Å². The number of nitrogens with zero attached hydrogens (tertiary/aromatic N) is 3. The van der Waals surface area contributed by atoms with Crippen LogP contribution < -0.4 is 4.74 Å². The lowest BCUT2D eigenvalue weighted by atomic mass is 10.1. The summed E-state index contributed by atoms with van der Waals surface area (Å²) in [6, 6.07) is 12.3. The maximum atomic E-state index is 6.36. The Morgan fingerprint density at radius 3 is 2.66 bits per heavy atom. The van der Waals surface area contributed by atoms with Crippen molar-refractivity contribution in [3.8, 4) is 22.1 Å². The molecule has 0 N–H and O–H groups in total. The van der Waals surface area contributed by atoms with Crippen LogP contribution in [0.1, 0.15) is 11.4 Å². The molecular formula is C24H25N3O3S2. The highest BCUT2D eigenvalue weighted by molar-refractivity contribution is 7.18. The molecule has 0 saturated carbocycles. The summed E-state index contributed by atoms with van der Waals surface area (Å²) in [4.78, 5) is 14.2. The predicted octanol–water partition coefficient (Wildman–Crippen LogP) is 5.23. The highest BCUT2D eigenvalue weighted by atomic mass is 32.1. The number of aromatic nitrogens is 2. The molecule has 0 radical (unpaired) electrons. The topological polar surface area (TPSA) is 56.7 Å². The van der Waals surface area contributed by atoms with Crippen molar-refractivity contribution in [3.63, 3.8) is 0 Å². The number of rotatable bonds is 8. The van der Waals surface area contributed by atoms with Crippen molar-refractivity contribution >= 4 is 32.9 Å². The van der Waals surface area contributed by atoms with Crippen LogP contribution in [-0.2, 0) is 22.4 Å². The van der Waals surface area contributed by atoms with Gasteiger partial charge in [-0.05, 0) is 35.6 Å². The van der Waals surface area contributed by atoms with E-state index in [9.17, 15) is 0 Å². The Hall–Kier alpha value is -2.36. The molecule has 0 amide bonds. The Morgan fingerprint density at radius 2 is 1.91 bits per heavy atom. The summed E-state index contributed by atoms with van der Waals surface area (Å²) in [5, 5.41) is 5.22. The maximum Gasteiger partial charge on any atom is 0.232 e. The zero-order chi connectivity index (χ0) is 21.8. The summed E-state index contributed by atoms with van der Waals surface area (Å²) in [6.07, 6.45) is 0.880.